The fourth-order valence-electron chi connectivity index (χ4n) is 2.99. The number of carbonyl (C=O) groups excluding carboxylic acids is 1. The highest BCUT2D eigenvalue weighted by Crippen LogP contribution is 2.17. The second kappa shape index (κ2) is 8.97. The van der Waals surface area contributed by atoms with Crippen molar-refractivity contribution < 1.29 is 4.79 Å². The molecule has 2 aromatic heterocycles. The molecule has 3 aromatic rings. The molecule has 0 radical (unpaired) electrons. The molecule has 0 N–H and O–H groups in total. The number of likely N-dealkylation sites (N-methyl/N-ethyl adjacent to an activating group) is 1. The third kappa shape index (κ3) is 4.58. The normalized spacial score (nSPS) is 10.6. The van der Waals surface area contributed by atoms with Gasteiger partial charge in [0.1, 0.15) is 5.82 Å². The zero-order valence-corrected chi connectivity index (χ0v) is 16.7. The van der Waals surface area contributed by atoms with Crippen molar-refractivity contribution in [2.75, 3.05) is 25.0 Å². The van der Waals surface area contributed by atoms with E-state index in [0.717, 1.165) is 0 Å². The fourth-order valence-corrected chi connectivity index (χ4v) is 2.99. The summed E-state index contributed by atoms with van der Waals surface area (Å²) in [6.07, 6.45) is 4.78. The Labute approximate surface area is 170 Å². The van der Waals surface area contributed by atoms with Crippen LogP contribution in [0.5, 0.6) is 0 Å². The molecule has 0 spiro atoms. The van der Waals surface area contributed by atoms with Gasteiger partial charge in [0.25, 0.3) is 5.91 Å². The Morgan fingerprint density at radius 2 is 1.86 bits per heavy atom. The van der Waals surface area contributed by atoms with Crippen molar-refractivity contribution in [2.45, 2.75) is 19.9 Å². The van der Waals surface area contributed by atoms with E-state index < -0.39 is 0 Å². The number of amides is 1. The van der Waals surface area contributed by atoms with Crippen LogP contribution < -0.4 is 4.90 Å². The minimum absolute atomic E-state index is 0.00735. The van der Waals surface area contributed by atoms with Crippen molar-refractivity contribution in [1.29, 1.82) is 5.26 Å². The minimum Gasteiger partial charge on any atom is -0.358 e. The van der Waals surface area contributed by atoms with Gasteiger partial charge in [0.05, 0.1) is 35.3 Å². The van der Waals surface area contributed by atoms with Crippen LogP contribution in [0, 0.1) is 11.3 Å². The van der Waals surface area contributed by atoms with Crippen molar-refractivity contribution in [1.82, 2.24) is 24.9 Å². The molecule has 3 rings (SSSR count). The molecule has 0 aliphatic heterocycles. The van der Waals surface area contributed by atoms with Crippen molar-refractivity contribution in [3.63, 3.8) is 0 Å². The van der Waals surface area contributed by atoms with E-state index in [9.17, 15) is 4.79 Å². The van der Waals surface area contributed by atoms with Crippen LogP contribution in [0.25, 0.3) is 5.69 Å². The maximum atomic E-state index is 13.3. The summed E-state index contributed by atoms with van der Waals surface area (Å²) in [6.45, 7) is 5.06. The lowest BCUT2D eigenvalue weighted by atomic mass is 10.1. The van der Waals surface area contributed by atoms with Crippen LogP contribution in [-0.4, -0.2) is 57.0 Å². The number of para-hydroxylation sites is 1. The van der Waals surface area contributed by atoms with Crippen molar-refractivity contribution in [3.05, 3.63) is 66.1 Å². The number of nitrogens with zero attached hydrogens (tertiary/aromatic N) is 7. The highest BCUT2D eigenvalue weighted by Gasteiger charge is 2.22. The Morgan fingerprint density at radius 1 is 1.14 bits per heavy atom. The van der Waals surface area contributed by atoms with Gasteiger partial charge in [-0.3, -0.25) is 4.79 Å². The number of carbonyl (C=O) groups is 1. The van der Waals surface area contributed by atoms with Crippen LogP contribution in [0.1, 0.15) is 29.8 Å². The van der Waals surface area contributed by atoms with E-state index in [-0.39, 0.29) is 11.9 Å². The molecular weight excluding hydrogens is 366 g/mol. The molecule has 1 aromatic carbocycles. The molecule has 8 heteroatoms. The first kappa shape index (κ1) is 20.0. The smallest absolute Gasteiger partial charge is 0.256 e. The number of anilines is 1. The van der Waals surface area contributed by atoms with Crippen LogP contribution in [-0.2, 0) is 0 Å². The third-order valence-corrected chi connectivity index (χ3v) is 4.59. The number of benzene rings is 1. The van der Waals surface area contributed by atoms with Crippen molar-refractivity contribution in [3.8, 4) is 11.8 Å². The second-order valence-corrected chi connectivity index (χ2v) is 6.86. The van der Waals surface area contributed by atoms with Gasteiger partial charge in [-0.15, -0.1) is 0 Å². The second-order valence-electron chi connectivity index (χ2n) is 6.86. The Kier molecular flexibility index (Phi) is 6.19. The molecule has 0 fully saturated rings. The van der Waals surface area contributed by atoms with Gasteiger partial charge in [-0.25, -0.2) is 4.98 Å². The Balaban J connectivity index is 1.79. The molecule has 29 heavy (non-hydrogen) atoms. The Morgan fingerprint density at radius 3 is 2.55 bits per heavy atom. The van der Waals surface area contributed by atoms with E-state index in [1.165, 1.54) is 4.80 Å². The maximum absolute atomic E-state index is 13.3. The van der Waals surface area contributed by atoms with Gasteiger partial charge in [0.15, 0.2) is 0 Å². The average molecular weight is 389 g/mol. The molecule has 8 nitrogen and oxygen atoms in total. The molecule has 2 heterocycles. The molecule has 0 aliphatic rings. The molecule has 0 unspecified atom stereocenters. The molecular formula is C21H23N7O. The van der Waals surface area contributed by atoms with Crippen LogP contribution in [0.4, 0.5) is 5.82 Å². The van der Waals surface area contributed by atoms with Gasteiger partial charge in [-0.05, 0) is 38.1 Å². The zero-order valence-electron chi connectivity index (χ0n) is 16.7. The average Bonchev–Trinajstić information content (AvgIpc) is 3.28. The minimum atomic E-state index is -0.0833. The van der Waals surface area contributed by atoms with Gasteiger partial charge < -0.3 is 9.80 Å². The summed E-state index contributed by atoms with van der Waals surface area (Å²) < 4.78 is 0. The molecule has 0 saturated heterocycles. The van der Waals surface area contributed by atoms with Crippen molar-refractivity contribution in [2.24, 2.45) is 0 Å². The highest BCUT2D eigenvalue weighted by atomic mass is 16.2. The van der Waals surface area contributed by atoms with Gasteiger partial charge in [0, 0.05) is 32.4 Å². The van der Waals surface area contributed by atoms with Gasteiger partial charge in [-0.2, -0.15) is 20.3 Å². The van der Waals surface area contributed by atoms with Crippen LogP contribution in [0.3, 0.4) is 0 Å². The number of hydrogen-bond acceptors (Lipinski definition) is 6. The quantitative estimate of drug-likeness (QED) is 0.617. The van der Waals surface area contributed by atoms with Gasteiger partial charge in [-0.1, -0.05) is 12.1 Å². The first-order chi connectivity index (χ1) is 14.0. The maximum Gasteiger partial charge on any atom is 0.256 e. The van der Waals surface area contributed by atoms with Gasteiger partial charge >= 0.3 is 0 Å². The lowest BCUT2D eigenvalue weighted by molar-refractivity contribution is 0.0711. The number of pyridine rings is 1. The Bertz CT molecular complexity index is 1010. The standard InChI is InChI=1S/C21H23N7O/c1-16(2)27(13-12-26(3)20-14-17(15-22)8-9-23-20)21(29)18-6-4-5-7-19(18)28-24-10-11-25-28/h4-11,14,16H,12-13H2,1-3H3. The molecule has 0 saturated carbocycles. The fraction of sp³-hybridized carbons (Fsp3) is 0.286. The number of rotatable bonds is 7. The van der Waals surface area contributed by atoms with E-state index >= 15 is 0 Å². The lowest BCUT2D eigenvalue weighted by Crippen LogP contribution is -2.42. The summed E-state index contributed by atoms with van der Waals surface area (Å²) in [5.41, 5.74) is 1.74. The number of hydrogen-bond donors (Lipinski definition) is 0. The topological polar surface area (TPSA) is 90.9 Å². The van der Waals surface area contributed by atoms with Crippen LogP contribution >= 0.6 is 0 Å². The molecule has 1 amide bonds. The zero-order chi connectivity index (χ0) is 20.8. The van der Waals surface area contributed by atoms with E-state index in [1.54, 1.807) is 36.8 Å². The highest BCUT2D eigenvalue weighted by molar-refractivity contribution is 5.97. The summed E-state index contributed by atoms with van der Waals surface area (Å²) in [7, 11) is 1.90. The molecule has 0 bridgehead atoms. The van der Waals surface area contributed by atoms with Crippen LogP contribution in [0.2, 0.25) is 0 Å². The largest absolute Gasteiger partial charge is 0.358 e. The summed E-state index contributed by atoms with van der Waals surface area (Å²) >= 11 is 0. The first-order valence-corrected chi connectivity index (χ1v) is 9.35. The predicted octanol–water partition coefficient (Wildman–Crippen LogP) is 2.52. The monoisotopic (exact) mass is 389 g/mol. The first-order valence-electron chi connectivity index (χ1n) is 9.35. The van der Waals surface area contributed by atoms with Gasteiger partial charge in [0.2, 0.25) is 0 Å². The Hall–Kier alpha value is -3.73. The number of aromatic nitrogens is 4. The van der Waals surface area contributed by atoms with E-state index in [1.807, 2.05) is 48.9 Å². The predicted molar refractivity (Wildman–Crippen MR) is 110 cm³/mol. The van der Waals surface area contributed by atoms with E-state index in [2.05, 4.69) is 21.3 Å². The molecule has 148 valence electrons. The molecule has 0 aliphatic carbocycles. The SMILES string of the molecule is CC(C)N(CCN(C)c1cc(C#N)ccn1)C(=O)c1ccccc1-n1nccn1. The molecule has 0 atom stereocenters. The summed E-state index contributed by atoms with van der Waals surface area (Å²) in [5.74, 6) is 0.612. The van der Waals surface area contributed by atoms with Crippen LogP contribution in [0.15, 0.2) is 55.0 Å². The van der Waals surface area contributed by atoms with Crippen molar-refractivity contribution >= 4 is 11.7 Å². The van der Waals surface area contributed by atoms with E-state index in [0.29, 0.717) is 35.7 Å². The van der Waals surface area contributed by atoms with E-state index in [4.69, 9.17) is 5.26 Å². The summed E-state index contributed by atoms with van der Waals surface area (Å²) in [6, 6.07) is 12.8. The summed E-state index contributed by atoms with van der Waals surface area (Å²) in [4.78, 5) is 22.8. The summed E-state index contributed by atoms with van der Waals surface area (Å²) in [5, 5.41) is 17.4. The lowest BCUT2D eigenvalue weighted by Gasteiger charge is -2.30. The third-order valence-electron chi connectivity index (χ3n) is 4.59. The number of nitriles is 1.